The van der Waals surface area contributed by atoms with Crippen LogP contribution in [0.15, 0.2) is 52.4 Å². The molecule has 2 unspecified atom stereocenters. The van der Waals surface area contributed by atoms with Gasteiger partial charge in [-0.1, -0.05) is 18.2 Å². The zero-order valence-corrected chi connectivity index (χ0v) is 21.5. The van der Waals surface area contributed by atoms with Crippen molar-refractivity contribution in [2.75, 3.05) is 25.4 Å². The molecule has 0 fully saturated rings. The van der Waals surface area contributed by atoms with Crippen LogP contribution in [0.4, 0.5) is 0 Å². The molecule has 0 radical (unpaired) electrons. The van der Waals surface area contributed by atoms with Crippen molar-refractivity contribution in [3.63, 3.8) is 0 Å². The summed E-state index contributed by atoms with van der Waals surface area (Å²) in [6.07, 6.45) is 1.10. The lowest BCUT2D eigenvalue weighted by atomic mass is 10.1. The van der Waals surface area contributed by atoms with Crippen LogP contribution < -0.4 is 20.1 Å². The van der Waals surface area contributed by atoms with Gasteiger partial charge in [0, 0.05) is 41.3 Å². The van der Waals surface area contributed by atoms with Crippen LogP contribution in [0.5, 0.6) is 11.5 Å². The van der Waals surface area contributed by atoms with Gasteiger partial charge in [-0.05, 0) is 45.0 Å². The highest BCUT2D eigenvalue weighted by Gasteiger charge is 2.21. The Bertz CT molecular complexity index is 893. The molecule has 2 aromatic carbocycles. The number of fused-ring (bicyclic) bond motifs is 1. The molecular weight excluding hydrogens is 525 g/mol. The van der Waals surface area contributed by atoms with Gasteiger partial charge in [-0.3, -0.25) is 4.21 Å². The average Bonchev–Trinajstić information content (AvgIpc) is 3.11. The molecule has 1 aliphatic heterocycles. The van der Waals surface area contributed by atoms with E-state index in [4.69, 9.17) is 14.5 Å². The molecule has 2 N–H and O–H groups in total. The molecule has 0 aromatic heterocycles. The third-order valence-electron chi connectivity index (χ3n) is 4.72. The number of benzene rings is 2. The number of hydrogen-bond acceptors (Lipinski definition) is 4. The van der Waals surface area contributed by atoms with Gasteiger partial charge in [0.05, 0.1) is 24.0 Å². The Labute approximate surface area is 204 Å². The van der Waals surface area contributed by atoms with Gasteiger partial charge in [0.15, 0.2) is 5.96 Å². The fourth-order valence-corrected chi connectivity index (χ4v) is 4.34. The van der Waals surface area contributed by atoms with Crippen LogP contribution in [-0.2, 0) is 23.8 Å². The summed E-state index contributed by atoms with van der Waals surface area (Å²) >= 11 is 0. The Balaban J connectivity index is 0.00000341. The molecule has 2 aromatic rings. The van der Waals surface area contributed by atoms with Gasteiger partial charge < -0.3 is 20.1 Å². The summed E-state index contributed by atoms with van der Waals surface area (Å²) in [4.78, 5) is 5.54. The van der Waals surface area contributed by atoms with Crippen LogP contribution in [0, 0.1) is 0 Å². The molecule has 0 saturated heterocycles. The normalized spacial score (nSPS) is 16.0. The molecule has 0 bridgehead atoms. The number of halogens is 1. The average molecular weight is 557 g/mol. The summed E-state index contributed by atoms with van der Waals surface area (Å²) < 4.78 is 24.1. The van der Waals surface area contributed by atoms with Crippen molar-refractivity contribution in [1.29, 1.82) is 0 Å². The molecule has 0 spiro atoms. The summed E-state index contributed by atoms with van der Waals surface area (Å²) in [5, 5.41) is 6.52. The van der Waals surface area contributed by atoms with Gasteiger partial charge in [-0.2, -0.15) is 0 Å². The minimum Gasteiger partial charge on any atom is -0.494 e. The molecule has 1 heterocycles. The minimum atomic E-state index is -1.04. The van der Waals surface area contributed by atoms with Crippen molar-refractivity contribution in [3.05, 3.63) is 53.6 Å². The molecule has 0 amide bonds. The molecule has 1 aliphatic rings. The van der Waals surface area contributed by atoms with Gasteiger partial charge in [0.1, 0.15) is 17.6 Å². The van der Waals surface area contributed by atoms with E-state index < -0.39 is 10.8 Å². The van der Waals surface area contributed by atoms with Crippen molar-refractivity contribution in [3.8, 4) is 11.5 Å². The van der Waals surface area contributed by atoms with E-state index in [-0.39, 0.29) is 30.1 Å². The molecule has 0 saturated carbocycles. The van der Waals surface area contributed by atoms with E-state index in [0.717, 1.165) is 34.9 Å². The number of aliphatic imine (C=N–C) groups is 1. The maximum Gasteiger partial charge on any atom is 0.191 e. The Hall–Kier alpha value is -1.81. The monoisotopic (exact) mass is 557 g/mol. The highest BCUT2D eigenvalue weighted by molar-refractivity contribution is 14.0. The highest BCUT2D eigenvalue weighted by atomic mass is 127. The molecule has 0 aliphatic carbocycles. The van der Waals surface area contributed by atoms with Crippen LogP contribution in [0.3, 0.4) is 0 Å². The van der Waals surface area contributed by atoms with E-state index in [1.54, 1.807) is 0 Å². The minimum absolute atomic E-state index is 0. The number of guanidine groups is 1. The quantitative estimate of drug-likeness (QED) is 0.278. The first kappa shape index (κ1) is 25.5. The van der Waals surface area contributed by atoms with Crippen LogP contribution >= 0.6 is 24.0 Å². The maximum atomic E-state index is 12.4. The zero-order valence-electron chi connectivity index (χ0n) is 18.3. The van der Waals surface area contributed by atoms with Crippen LogP contribution in [-0.4, -0.2) is 41.7 Å². The smallest absolute Gasteiger partial charge is 0.191 e. The summed E-state index contributed by atoms with van der Waals surface area (Å²) in [7, 11) is -1.04. The first-order valence-electron chi connectivity index (χ1n) is 10.5. The van der Waals surface area contributed by atoms with E-state index in [9.17, 15) is 4.21 Å². The number of rotatable bonds is 9. The maximum absolute atomic E-state index is 12.4. The molecule has 170 valence electrons. The zero-order chi connectivity index (χ0) is 21.3. The van der Waals surface area contributed by atoms with E-state index in [0.29, 0.717) is 31.4 Å². The Morgan fingerprint density at radius 3 is 2.71 bits per heavy atom. The largest absolute Gasteiger partial charge is 0.494 e. The third kappa shape index (κ3) is 7.38. The first-order chi connectivity index (χ1) is 14.6. The summed E-state index contributed by atoms with van der Waals surface area (Å²) in [5.74, 6) is 2.99. The molecule has 31 heavy (non-hydrogen) atoms. The standard InChI is InChI=1S/C23H31N3O3S.HI/c1-4-24-23(25-11-12-30(27)20-9-7-6-8-10-20)26-16-19-15-22-18(13-17(3)29-22)14-21(19)28-5-2;/h6-10,14-15,17H,4-5,11-13,16H2,1-3H3,(H2,24,25,26);1H. The van der Waals surface area contributed by atoms with Gasteiger partial charge >= 0.3 is 0 Å². The lowest BCUT2D eigenvalue weighted by molar-refractivity contribution is 0.254. The van der Waals surface area contributed by atoms with E-state index in [1.165, 1.54) is 5.56 Å². The number of hydrogen-bond donors (Lipinski definition) is 2. The van der Waals surface area contributed by atoms with Crippen molar-refractivity contribution < 1.29 is 13.7 Å². The van der Waals surface area contributed by atoms with Gasteiger partial charge in [-0.25, -0.2) is 4.99 Å². The Kier molecular flexibility index (Phi) is 10.6. The molecule has 8 heteroatoms. The fraction of sp³-hybridized carbons (Fsp3) is 0.435. The third-order valence-corrected chi connectivity index (χ3v) is 6.09. The van der Waals surface area contributed by atoms with Gasteiger partial charge in [-0.15, -0.1) is 24.0 Å². The van der Waals surface area contributed by atoms with Crippen LogP contribution in [0.1, 0.15) is 31.9 Å². The van der Waals surface area contributed by atoms with Crippen LogP contribution in [0.25, 0.3) is 0 Å². The topological polar surface area (TPSA) is 72.0 Å². The number of nitrogens with one attached hydrogen (secondary N) is 2. The number of ether oxygens (including phenoxy) is 2. The van der Waals surface area contributed by atoms with E-state index in [2.05, 4.69) is 23.6 Å². The predicted octanol–water partition coefficient (Wildman–Crippen LogP) is 3.89. The molecule has 6 nitrogen and oxygen atoms in total. The Morgan fingerprint density at radius 1 is 1.23 bits per heavy atom. The lowest BCUT2D eigenvalue weighted by Crippen LogP contribution is -2.39. The van der Waals surface area contributed by atoms with Crippen molar-refractivity contribution in [2.24, 2.45) is 4.99 Å². The second-order valence-electron chi connectivity index (χ2n) is 7.12. The SMILES string of the molecule is CCNC(=NCc1cc2c(cc1OCC)CC(C)O2)NCCS(=O)c1ccccc1.I. The van der Waals surface area contributed by atoms with Crippen LogP contribution in [0.2, 0.25) is 0 Å². The predicted molar refractivity (Wildman–Crippen MR) is 137 cm³/mol. The van der Waals surface area contributed by atoms with Gasteiger partial charge in [0.2, 0.25) is 0 Å². The summed E-state index contributed by atoms with van der Waals surface area (Å²) in [6.45, 7) is 8.47. The molecular formula is C23H32IN3O3S. The lowest BCUT2D eigenvalue weighted by Gasteiger charge is -2.14. The second kappa shape index (κ2) is 12.9. The Morgan fingerprint density at radius 2 is 2.00 bits per heavy atom. The first-order valence-corrected chi connectivity index (χ1v) is 11.8. The van der Waals surface area contributed by atoms with Gasteiger partial charge in [0.25, 0.3) is 0 Å². The summed E-state index contributed by atoms with van der Waals surface area (Å²) in [6, 6.07) is 13.6. The van der Waals surface area contributed by atoms with Crippen molar-refractivity contribution in [2.45, 2.75) is 44.7 Å². The molecule has 2 atom stereocenters. The number of nitrogens with zero attached hydrogens (tertiary/aromatic N) is 1. The fourth-order valence-electron chi connectivity index (χ4n) is 3.35. The summed E-state index contributed by atoms with van der Waals surface area (Å²) in [5.41, 5.74) is 2.18. The van der Waals surface area contributed by atoms with Crippen molar-refractivity contribution in [1.82, 2.24) is 10.6 Å². The highest BCUT2D eigenvalue weighted by Crippen LogP contribution is 2.35. The molecule has 3 rings (SSSR count). The second-order valence-corrected chi connectivity index (χ2v) is 8.69. The van der Waals surface area contributed by atoms with E-state index in [1.807, 2.05) is 50.2 Å². The van der Waals surface area contributed by atoms with E-state index >= 15 is 0 Å². The van der Waals surface area contributed by atoms with Crippen molar-refractivity contribution >= 4 is 40.7 Å².